The second kappa shape index (κ2) is 16.4. The minimum Gasteiger partial charge on any atom is -0.496 e. The number of hydrogen-bond acceptors (Lipinski definition) is 6. The van der Waals surface area contributed by atoms with Gasteiger partial charge in [-0.3, -0.25) is 0 Å². The van der Waals surface area contributed by atoms with Crippen molar-refractivity contribution in [3.63, 3.8) is 0 Å². The average Bonchev–Trinajstić information content (AvgIpc) is 3.20. The average molecular weight is 805 g/mol. The number of rotatable bonds is 9. The molecule has 6 nitrogen and oxygen atoms in total. The lowest BCUT2D eigenvalue weighted by Gasteiger charge is -2.26. The summed E-state index contributed by atoms with van der Waals surface area (Å²) in [6.07, 6.45) is 0. The lowest BCUT2D eigenvalue weighted by Crippen LogP contribution is -2.13. The molecule has 0 spiro atoms. The Balaban J connectivity index is 1.55. The van der Waals surface area contributed by atoms with Gasteiger partial charge >= 0.3 is 0 Å². The summed E-state index contributed by atoms with van der Waals surface area (Å²) in [6.45, 7) is 26.8. The normalized spacial score (nSPS) is 12.3. The summed E-state index contributed by atoms with van der Waals surface area (Å²) in [6, 6.07) is 34.0. The van der Waals surface area contributed by atoms with Crippen LogP contribution in [0.5, 0.6) is 23.0 Å². The van der Waals surface area contributed by atoms with Crippen molar-refractivity contribution in [3.05, 3.63) is 119 Å². The topological polar surface area (TPSA) is 62.7 Å². The van der Waals surface area contributed by atoms with Gasteiger partial charge in [-0.1, -0.05) is 107 Å². The molecule has 0 atom stereocenters. The van der Waals surface area contributed by atoms with Crippen molar-refractivity contribution >= 4 is 0 Å². The lowest BCUT2D eigenvalue weighted by atomic mass is 9.81. The van der Waals surface area contributed by atoms with E-state index in [1.165, 1.54) is 11.1 Å². The van der Waals surface area contributed by atoms with E-state index in [1.54, 1.807) is 28.4 Å². The fraction of sp³-hybridized carbons (Fsp3) is 0.370. The van der Waals surface area contributed by atoms with E-state index in [-0.39, 0.29) is 21.7 Å². The summed E-state index contributed by atoms with van der Waals surface area (Å²) in [7, 11) is 6.91. The van der Waals surface area contributed by atoms with Gasteiger partial charge in [0.05, 0.1) is 51.2 Å². The van der Waals surface area contributed by atoms with E-state index in [0.29, 0.717) is 0 Å². The predicted octanol–water partition coefficient (Wildman–Crippen LogP) is 14.0. The van der Waals surface area contributed by atoms with Crippen LogP contribution < -0.4 is 18.9 Å². The zero-order valence-electron chi connectivity index (χ0n) is 38.8. The highest BCUT2D eigenvalue weighted by molar-refractivity contribution is 5.87. The van der Waals surface area contributed by atoms with Crippen LogP contribution in [0.2, 0.25) is 0 Å². The van der Waals surface area contributed by atoms with Crippen LogP contribution in [0.3, 0.4) is 0 Å². The molecule has 0 bridgehead atoms. The van der Waals surface area contributed by atoms with Gasteiger partial charge in [0.15, 0.2) is 0 Å². The summed E-state index contributed by atoms with van der Waals surface area (Å²) in [4.78, 5) is 10.6. The molecule has 6 heteroatoms. The van der Waals surface area contributed by atoms with Crippen molar-refractivity contribution < 1.29 is 18.9 Å². The fourth-order valence-corrected chi connectivity index (χ4v) is 7.57. The van der Waals surface area contributed by atoms with Gasteiger partial charge in [0.1, 0.15) is 23.0 Å². The molecule has 2 heterocycles. The third kappa shape index (κ3) is 8.94. The van der Waals surface area contributed by atoms with Gasteiger partial charge in [0.25, 0.3) is 0 Å². The molecule has 6 aromatic rings. The molecule has 0 aliphatic heterocycles. The number of benzene rings is 4. The molecule has 0 saturated carbocycles. The van der Waals surface area contributed by atoms with E-state index in [0.717, 1.165) is 90.3 Å². The van der Waals surface area contributed by atoms with Gasteiger partial charge < -0.3 is 18.9 Å². The van der Waals surface area contributed by atoms with Crippen molar-refractivity contribution in [1.82, 2.24) is 9.97 Å². The maximum atomic E-state index is 6.32. The molecule has 0 amide bonds. The lowest BCUT2D eigenvalue weighted by molar-refractivity contribution is 0.410. The summed E-state index contributed by atoms with van der Waals surface area (Å²) < 4.78 is 24.6. The molecular formula is C54H64N2O4. The smallest absolute Gasteiger partial charge is 0.136 e. The monoisotopic (exact) mass is 804 g/mol. The molecule has 0 saturated heterocycles. The molecule has 0 unspecified atom stereocenters. The van der Waals surface area contributed by atoms with E-state index in [2.05, 4.69) is 144 Å². The zero-order chi connectivity index (χ0) is 43.9. The molecule has 4 aromatic carbocycles. The molecule has 0 N–H and O–H groups in total. The van der Waals surface area contributed by atoms with Gasteiger partial charge in [-0.05, 0) is 117 Å². The summed E-state index contributed by atoms with van der Waals surface area (Å²) in [5.41, 5.74) is 13.1. The standard InChI is InChI=1S/C54H64N2O4/c1-51(2,3)33-23-25-47(57-13)37(27-33)39-29-35(53(7,8)9)31-41(49(39)59-15)43-19-17-21-45(55-43)46-22-18-20-44(56-46)42-32-36(54(10,11)12)30-40(50(42)60-16)38-28-34(52(4,5)6)24-26-48(38)58-14/h17-32H,1-16H3. The first-order valence-electron chi connectivity index (χ1n) is 20.9. The van der Waals surface area contributed by atoms with Crippen LogP contribution in [0.4, 0.5) is 0 Å². The highest BCUT2D eigenvalue weighted by Crippen LogP contribution is 2.48. The molecule has 2 aromatic heterocycles. The van der Waals surface area contributed by atoms with Crippen molar-refractivity contribution in [3.8, 4) is 79.2 Å². The molecule has 0 aliphatic rings. The van der Waals surface area contributed by atoms with E-state index in [1.807, 2.05) is 36.4 Å². The Morgan fingerprint density at radius 2 is 0.617 bits per heavy atom. The Hall–Kier alpha value is -5.62. The number of hydrogen-bond donors (Lipinski definition) is 0. The van der Waals surface area contributed by atoms with Crippen molar-refractivity contribution in [2.75, 3.05) is 28.4 Å². The summed E-state index contributed by atoms with van der Waals surface area (Å²) >= 11 is 0. The van der Waals surface area contributed by atoms with Gasteiger partial charge in [-0.2, -0.15) is 0 Å². The van der Waals surface area contributed by atoms with Crippen molar-refractivity contribution in [2.24, 2.45) is 0 Å². The SMILES string of the molecule is COc1ccc(C(C)(C)C)cc1-c1cc(C(C)(C)C)cc(-c2cccc(-c3cccc(-c4cc(C(C)(C)C)cc(-c5cc(C(C)(C)C)ccc5OC)c4OC)n3)n2)c1OC. The van der Waals surface area contributed by atoms with Gasteiger partial charge in [-0.15, -0.1) is 0 Å². The molecule has 0 aliphatic carbocycles. The predicted molar refractivity (Wildman–Crippen MR) is 250 cm³/mol. The number of methoxy groups -OCH3 is 4. The Morgan fingerprint density at radius 3 is 0.917 bits per heavy atom. The minimum atomic E-state index is -0.157. The Labute approximate surface area is 359 Å². The van der Waals surface area contributed by atoms with Crippen LogP contribution in [-0.2, 0) is 21.7 Å². The largest absolute Gasteiger partial charge is 0.496 e. The molecular weight excluding hydrogens is 741 g/mol. The highest BCUT2D eigenvalue weighted by atomic mass is 16.5. The molecule has 0 fully saturated rings. The maximum Gasteiger partial charge on any atom is 0.136 e. The Bertz CT molecular complexity index is 2350. The second-order valence-corrected chi connectivity index (χ2v) is 19.9. The first-order chi connectivity index (χ1) is 28.1. The van der Waals surface area contributed by atoms with Crippen molar-refractivity contribution in [1.29, 1.82) is 0 Å². The van der Waals surface area contributed by atoms with Crippen LogP contribution in [0.25, 0.3) is 56.2 Å². The molecule has 0 radical (unpaired) electrons. The van der Waals surface area contributed by atoms with Crippen LogP contribution in [0, 0.1) is 0 Å². The first-order valence-corrected chi connectivity index (χ1v) is 20.9. The van der Waals surface area contributed by atoms with Gasteiger partial charge in [0, 0.05) is 33.4 Å². The van der Waals surface area contributed by atoms with E-state index in [4.69, 9.17) is 28.9 Å². The summed E-state index contributed by atoms with van der Waals surface area (Å²) in [5, 5.41) is 0. The van der Waals surface area contributed by atoms with Crippen LogP contribution in [0.15, 0.2) is 97.1 Å². The van der Waals surface area contributed by atoms with Crippen molar-refractivity contribution in [2.45, 2.75) is 105 Å². The fourth-order valence-electron chi connectivity index (χ4n) is 7.57. The number of nitrogens with zero attached hydrogens (tertiary/aromatic N) is 2. The Kier molecular flexibility index (Phi) is 12.0. The first kappa shape index (κ1) is 43.9. The van der Waals surface area contributed by atoms with Gasteiger partial charge in [-0.25, -0.2) is 9.97 Å². The third-order valence-corrected chi connectivity index (χ3v) is 11.3. The number of aromatic nitrogens is 2. The quantitative estimate of drug-likeness (QED) is 0.145. The zero-order valence-corrected chi connectivity index (χ0v) is 38.8. The Morgan fingerprint density at radius 1 is 0.317 bits per heavy atom. The summed E-state index contributed by atoms with van der Waals surface area (Å²) in [5.74, 6) is 3.05. The van der Waals surface area contributed by atoms with E-state index < -0.39 is 0 Å². The molecule has 60 heavy (non-hydrogen) atoms. The molecule has 314 valence electrons. The van der Waals surface area contributed by atoms with Crippen LogP contribution in [0.1, 0.15) is 105 Å². The molecule has 6 rings (SSSR count). The highest BCUT2D eigenvalue weighted by Gasteiger charge is 2.27. The van der Waals surface area contributed by atoms with E-state index in [9.17, 15) is 0 Å². The number of pyridine rings is 2. The number of ether oxygens (including phenoxy) is 4. The van der Waals surface area contributed by atoms with Gasteiger partial charge in [0.2, 0.25) is 0 Å². The second-order valence-electron chi connectivity index (χ2n) is 19.9. The minimum absolute atomic E-state index is 0.0556. The van der Waals surface area contributed by atoms with Crippen LogP contribution in [-0.4, -0.2) is 38.4 Å². The maximum absolute atomic E-state index is 6.32. The third-order valence-electron chi connectivity index (χ3n) is 11.3. The van der Waals surface area contributed by atoms with Crippen LogP contribution >= 0.6 is 0 Å². The van der Waals surface area contributed by atoms with E-state index >= 15 is 0 Å².